The van der Waals surface area contributed by atoms with Gasteiger partial charge in [-0.05, 0) is 31.6 Å². The minimum absolute atomic E-state index is 0. The molecule has 0 spiro atoms. The molecule has 0 aromatic rings. The molecule has 0 aromatic carbocycles. The average molecular weight is 399 g/mol. The van der Waals surface area contributed by atoms with Crippen LogP contribution < -0.4 is 11.1 Å². The zero-order chi connectivity index (χ0) is 20.5. The summed E-state index contributed by atoms with van der Waals surface area (Å²) in [6.45, 7) is 19.1. The molecule has 160 valence electrons. The standard InChI is InChI=1S/C12H25NO3.C7H17NO.ClH/c1-11(2,3)9(8-15-7)13-10(14)16-12(4,5)6;1-7(2,3)6(8)5-9-4;/h9H,8H2,1-7H3,(H,13,14);6H,5,8H2,1-4H3;1H/t9-;6-;/m11./s1. The molecule has 0 aliphatic rings. The van der Waals surface area contributed by atoms with Crippen LogP contribution >= 0.6 is 12.4 Å². The summed E-state index contributed by atoms with van der Waals surface area (Å²) in [5.41, 5.74) is 5.36. The normalized spacial score (nSPS) is 14.3. The quantitative estimate of drug-likeness (QED) is 0.731. The summed E-state index contributed by atoms with van der Waals surface area (Å²) in [6, 6.07) is 0.0786. The Morgan fingerprint density at radius 3 is 1.54 bits per heavy atom. The third-order valence-electron chi connectivity index (χ3n) is 3.53. The first-order valence-corrected chi connectivity index (χ1v) is 8.77. The maximum absolute atomic E-state index is 11.6. The minimum atomic E-state index is -0.473. The molecular weight excluding hydrogens is 356 g/mol. The summed E-state index contributed by atoms with van der Waals surface area (Å²) in [7, 11) is 3.29. The molecule has 3 N–H and O–H groups in total. The highest BCUT2D eigenvalue weighted by Gasteiger charge is 2.28. The van der Waals surface area contributed by atoms with Crippen LogP contribution in [0, 0.1) is 10.8 Å². The van der Waals surface area contributed by atoms with E-state index in [0.29, 0.717) is 13.2 Å². The molecule has 0 aliphatic carbocycles. The van der Waals surface area contributed by atoms with Crippen molar-refractivity contribution in [3.8, 4) is 0 Å². The molecule has 0 rings (SSSR count). The van der Waals surface area contributed by atoms with Crippen LogP contribution in [0.15, 0.2) is 0 Å². The second-order valence-corrected chi connectivity index (χ2v) is 9.45. The maximum atomic E-state index is 11.6. The lowest BCUT2D eigenvalue weighted by atomic mass is 9.87. The minimum Gasteiger partial charge on any atom is -0.444 e. The van der Waals surface area contributed by atoms with Gasteiger partial charge in [-0.25, -0.2) is 4.79 Å². The van der Waals surface area contributed by atoms with Crippen molar-refractivity contribution in [2.24, 2.45) is 16.6 Å². The van der Waals surface area contributed by atoms with Crippen LogP contribution in [-0.4, -0.2) is 51.2 Å². The molecule has 26 heavy (non-hydrogen) atoms. The number of alkyl carbamates (subject to hydrolysis) is 1. The summed E-state index contributed by atoms with van der Waals surface area (Å²) in [6.07, 6.45) is -0.399. The predicted octanol–water partition coefficient (Wildman–Crippen LogP) is 4.00. The number of carbonyl (C=O) groups excluding carboxylic acids is 1. The number of amides is 1. The molecule has 0 fully saturated rings. The van der Waals surface area contributed by atoms with Gasteiger partial charge in [-0.1, -0.05) is 41.5 Å². The van der Waals surface area contributed by atoms with Crippen LogP contribution in [-0.2, 0) is 14.2 Å². The fraction of sp³-hybridized carbons (Fsp3) is 0.947. The summed E-state index contributed by atoms with van der Waals surface area (Å²) in [4.78, 5) is 11.6. The van der Waals surface area contributed by atoms with Crippen LogP contribution in [0.3, 0.4) is 0 Å². The molecule has 6 nitrogen and oxygen atoms in total. The van der Waals surface area contributed by atoms with Gasteiger partial charge in [0.2, 0.25) is 0 Å². The van der Waals surface area contributed by atoms with E-state index in [4.69, 9.17) is 19.9 Å². The van der Waals surface area contributed by atoms with Gasteiger partial charge in [0.25, 0.3) is 0 Å². The van der Waals surface area contributed by atoms with E-state index in [2.05, 4.69) is 26.1 Å². The van der Waals surface area contributed by atoms with Gasteiger partial charge in [-0.2, -0.15) is 0 Å². The fourth-order valence-corrected chi connectivity index (χ4v) is 1.55. The summed E-state index contributed by atoms with van der Waals surface area (Å²) in [5, 5.41) is 2.83. The fourth-order valence-electron chi connectivity index (χ4n) is 1.55. The number of nitrogens with two attached hydrogens (primary N) is 1. The van der Waals surface area contributed by atoms with E-state index in [1.807, 2.05) is 41.5 Å². The number of nitrogens with one attached hydrogen (secondary N) is 1. The van der Waals surface area contributed by atoms with Gasteiger partial charge in [-0.15, -0.1) is 12.4 Å². The van der Waals surface area contributed by atoms with Gasteiger partial charge in [0.15, 0.2) is 0 Å². The van der Waals surface area contributed by atoms with Gasteiger partial charge >= 0.3 is 6.09 Å². The van der Waals surface area contributed by atoms with Crippen LogP contribution in [0.25, 0.3) is 0 Å². The Labute approximate surface area is 167 Å². The number of ether oxygens (including phenoxy) is 3. The highest BCUT2D eigenvalue weighted by Crippen LogP contribution is 2.20. The highest BCUT2D eigenvalue weighted by molar-refractivity contribution is 5.85. The summed E-state index contributed by atoms with van der Waals surface area (Å²) in [5.74, 6) is 0. The third-order valence-corrected chi connectivity index (χ3v) is 3.53. The molecule has 0 unspecified atom stereocenters. The van der Waals surface area contributed by atoms with Crippen molar-refractivity contribution in [2.75, 3.05) is 27.4 Å². The van der Waals surface area contributed by atoms with Gasteiger partial charge in [0, 0.05) is 20.3 Å². The van der Waals surface area contributed by atoms with E-state index < -0.39 is 11.7 Å². The Bertz CT molecular complexity index is 371. The van der Waals surface area contributed by atoms with E-state index in [1.165, 1.54) is 0 Å². The van der Waals surface area contributed by atoms with Crippen molar-refractivity contribution < 1.29 is 19.0 Å². The van der Waals surface area contributed by atoms with E-state index >= 15 is 0 Å². The van der Waals surface area contributed by atoms with Crippen molar-refractivity contribution in [3.05, 3.63) is 0 Å². The van der Waals surface area contributed by atoms with Crippen molar-refractivity contribution in [2.45, 2.75) is 80.0 Å². The number of halogens is 1. The lowest BCUT2D eigenvalue weighted by Gasteiger charge is -2.31. The van der Waals surface area contributed by atoms with Gasteiger partial charge in [0.05, 0.1) is 19.3 Å². The second kappa shape index (κ2) is 12.8. The van der Waals surface area contributed by atoms with Crippen LogP contribution in [0.2, 0.25) is 0 Å². The molecule has 0 radical (unpaired) electrons. The predicted molar refractivity (Wildman–Crippen MR) is 111 cm³/mol. The molecule has 0 aliphatic heterocycles. The Morgan fingerprint density at radius 2 is 1.31 bits per heavy atom. The van der Waals surface area contributed by atoms with Crippen molar-refractivity contribution in [1.82, 2.24) is 5.32 Å². The highest BCUT2D eigenvalue weighted by atomic mass is 35.5. The largest absolute Gasteiger partial charge is 0.444 e. The lowest BCUT2D eigenvalue weighted by Crippen LogP contribution is -2.48. The molecule has 0 saturated carbocycles. The van der Waals surface area contributed by atoms with Crippen molar-refractivity contribution in [3.63, 3.8) is 0 Å². The third kappa shape index (κ3) is 16.9. The molecule has 0 aromatic heterocycles. The van der Waals surface area contributed by atoms with E-state index in [1.54, 1.807) is 14.2 Å². The van der Waals surface area contributed by atoms with Gasteiger partial charge in [0.1, 0.15) is 5.60 Å². The molecule has 0 heterocycles. The number of hydrogen-bond donors (Lipinski definition) is 2. The Balaban J connectivity index is -0.000000453. The summed E-state index contributed by atoms with van der Waals surface area (Å²) < 4.78 is 15.2. The number of methoxy groups -OCH3 is 2. The molecule has 1 amide bonds. The molecule has 0 saturated heterocycles. The first-order valence-electron chi connectivity index (χ1n) is 8.77. The maximum Gasteiger partial charge on any atom is 0.407 e. The van der Waals surface area contributed by atoms with E-state index in [-0.39, 0.29) is 35.3 Å². The van der Waals surface area contributed by atoms with E-state index in [9.17, 15) is 4.79 Å². The smallest absolute Gasteiger partial charge is 0.407 e. The zero-order valence-electron chi connectivity index (χ0n) is 18.7. The number of hydrogen-bond acceptors (Lipinski definition) is 5. The molecule has 7 heteroatoms. The monoisotopic (exact) mass is 398 g/mol. The van der Waals surface area contributed by atoms with Crippen molar-refractivity contribution >= 4 is 18.5 Å². The van der Waals surface area contributed by atoms with Crippen LogP contribution in [0.4, 0.5) is 4.79 Å². The van der Waals surface area contributed by atoms with Crippen LogP contribution in [0.5, 0.6) is 0 Å². The lowest BCUT2D eigenvalue weighted by molar-refractivity contribution is 0.0388. The second-order valence-electron chi connectivity index (χ2n) is 9.45. The SMILES string of the molecule is COC[C@@H](N)C(C)(C)C.COC[C@@H](NC(=O)OC(C)(C)C)C(C)(C)C.Cl. The number of carbonyl (C=O) groups is 1. The zero-order valence-corrected chi connectivity index (χ0v) is 19.5. The topological polar surface area (TPSA) is 82.8 Å². The van der Waals surface area contributed by atoms with Crippen LogP contribution in [0.1, 0.15) is 62.3 Å². The summed E-state index contributed by atoms with van der Waals surface area (Å²) >= 11 is 0. The molecular formula is C19H43ClN2O4. The van der Waals surface area contributed by atoms with Crippen molar-refractivity contribution in [1.29, 1.82) is 0 Å². The Hall–Kier alpha value is -0.560. The first kappa shape index (κ1) is 30.2. The molecule has 0 bridgehead atoms. The first-order chi connectivity index (χ1) is 11.0. The van der Waals surface area contributed by atoms with E-state index in [0.717, 1.165) is 0 Å². The Kier molecular flexibility index (Phi) is 14.8. The van der Waals surface area contributed by atoms with Gasteiger partial charge < -0.3 is 25.3 Å². The van der Waals surface area contributed by atoms with Gasteiger partial charge in [-0.3, -0.25) is 0 Å². The average Bonchev–Trinajstić information content (AvgIpc) is 2.34. The number of rotatable bonds is 5. The Morgan fingerprint density at radius 1 is 0.885 bits per heavy atom. The molecule has 2 atom stereocenters.